The molecule has 3 saturated heterocycles. The molecule has 10 nitrogen and oxygen atoms in total. The molecule has 3 atom stereocenters. The summed E-state index contributed by atoms with van der Waals surface area (Å²) >= 11 is 3.63. The molecule has 190 valence electrons. The van der Waals surface area contributed by atoms with Gasteiger partial charge in [-0.1, -0.05) is 0 Å². The first-order valence-corrected chi connectivity index (χ1v) is 13.0. The van der Waals surface area contributed by atoms with Crippen molar-refractivity contribution in [2.24, 2.45) is 0 Å². The molecule has 0 spiro atoms. The Hall–Kier alpha value is -2.89. The number of piperazine rings is 1. The maximum atomic E-state index is 13.2. The fraction of sp³-hybridized carbons (Fsp3) is 0.480. The molecule has 36 heavy (non-hydrogen) atoms. The van der Waals surface area contributed by atoms with Crippen molar-refractivity contribution < 1.29 is 19.0 Å². The number of anilines is 1. The minimum Gasteiger partial charge on any atom is -0.497 e. The molecular formula is C25H29BrN6O4. The van der Waals surface area contributed by atoms with Crippen molar-refractivity contribution >= 4 is 33.2 Å². The number of morpholine rings is 1. The van der Waals surface area contributed by atoms with Crippen LogP contribution >= 0.6 is 15.9 Å². The maximum Gasteiger partial charge on any atom is 0.240 e. The van der Waals surface area contributed by atoms with Crippen LogP contribution < -0.4 is 14.8 Å². The van der Waals surface area contributed by atoms with Gasteiger partial charge in [0.25, 0.3) is 0 Å². The normalized spacial score (nSPS) is 24.0. The van der Waals surface area contributed by atoms with Crippen LogP contribution in [0.5, 0.6) is 11.5 Å². The maximum absolute atomic E-state index is 13.2. The lowest BCUT2D eigenvalue weighted by Crippen LogP contribution is -2.63. The summed E-state index contributed by atoms with van der Waals surface area (Å²) in [6.07, 6.45) is 5.35. The molecule has 6 rings (SSSR count). The van der Waals surface area contributed by atoms with E-state index >= 15 is 0 Å². The number of carbonyl (C=O) groups is 1. The Kier molecular flexibility index (Phi) is 6.22. The zero-order valence-electron chi connectivity index (χ0n) is 20.3. The monoisotopic (exact) mass is 556 g/mol. The Morgan fingerprint density at radius 2 is 2.14 bits per heavy atom. The first kappa shape index (κ1) is 23.5. The van der Waals surface area contributed by atoms with E-state index in [0.29, 0.717) is 30.1 Å². The summed E-state index contributed by atoms with van der Waals surface area (Å²) in [6, 6.07) is 5.86. The lowest BCUT2D eigenvalue weighted by Gasteiger charge is -2.47. The average Bonchev–Trinajstić information content (AvgIpc) is 3.52. The summed E-state index contributed by atoms with van der Waals surface area (Å²) in [5, 5.41) is 3.42. The number of imidazole rings is 1. The Bertz CT molecular complexity index is 1300. The van der Waals surface area contributed by atoms with Crippen molar-refractivity contribution in [1.82, 2.24) is 24.2 Å². The first-order chi connectivity index (χ1) is 17.6. The van der Waals surface area contributed by atoms with Gasteiger partial charge < -0.3 is 24.4 Å². The van der Waals surface area contributed by atoms with Crippen LogP contribution in [0.2, 0.25) is 0 Å². The van der Waals surface area contributed by atoms with Crippen molar-refractivity contribution in [3.05, 3.63) is 46.6 Å². The minimum atomic E-state index is -0.311. The van der Waals surface area contributed by atoms with Gasteiger partial charge in [0.1, 0.15) is 33.5 Å². The van der Waals surface area contributed by atoms with Crippen molar-refractivity contribution in [2.45, 2.75) is 37.6 Å². The van der Waals surface area contributed by atoms with Gasteiger partial charge in [0.05, 0.1) is 39.5 Å². The molecule has 0 radical (unpaired) electrons. The minimum absolute atomic E-state index is 0.0266. The third-order valence-corrected chi connectivity index (χ3v) is 7.99. The molecule has 0 aliphatic carbocycles. The second-order valence-electron chi connectivity index (χ2n) is 9.41. The third-order valence-electron chi connectivity index (χ3n) is 7.44. The molecule has 3 aliphatic heterocycles. The van der Waals surface area contributed by atoms with Crippen molar-refractivity contribution in [3.8, 4) is 11.5 Å². The second kappa shape index (κ2) is 9.53. The van der Waals surface area contributed by atoms with Crippen LogP contribution in [0.3, 0.4) is 0 Å². The molecule has 3 aliphatic rings. The topological polar surface area (TPSA) is 93.5 Å². The summed E-state index contributed by atoms with van der Waals surface area (Å²) in [7, 11) is 3.27. The number of carbonyl (C=O) groups excluding carboxylic acids is 1. The molecule has 3 fully saturated rings. The predicted molar refractivity (Wildman–Crippen MR) is 136 cm³/mol. The number of hydrogen-bond donors (Lipinski definition) is 1. The number of ether oxygens (including phenoxy) is 3. The molecule has 5 heterocycles. The number of nitrogens with zero attached hydrogens (tertiary/aromatic N) is 5. The van der Waals surface area contributed by atoms with Crippen LogP contribution in [0.4, 0.5) is 5.82 Å². The number of nitrogens with one attached hydrogen (secondary N) is 1. The summed E-state index contributed by atoms with van der Waals surface area (Å²) < 4.78 is 19.8. The molecule has 3 aromatic rings. The Morgan fingerprint density at radius 3 is 2.97 bits per heavy atom. The fourth-order valence-corrected chi connectivity index (χ4v) is 6.17. The van der Waals surface area contributed by atoms with E-state index in [1.165, 1.54) is 0 Å². The van der Waals surface area contributed by atoms with E-state index in [-0.39, 0.29) is 24.1 Å². The largest absolute Gasteiger partial charge is 0.497 e. The standard InChI is InChI=1S/C25H29BrN6O4/c1-34-17-6-5-15(19(10-17)35-2)11-28-23-21-22(26)29-24(31(21)9-7-27-23)20-13-32-16(14-36-20)12-30-8-3-4-18(30)25(32)33/h5-7,9-10,16,18,20H,3-4,8,11-14H2,1-2H3,(H,27,28)/t16-,18-,20-/m1/s1. The number of methoxy groups -OCH3 is 2. The molecule has 1 amide bonds. The molecular weight excluding hydrogens is 528 g/mol. The Morgan fingerprint density at radius 1 is 1.25 bits per heavy atom. The number of amides is 1. The summed E-state index contributed by atoms with van der Waals surface area (Å²) in [5.74, 6) is 3.14. The molecule has 2 aromatic heterocycles. The van der Waals surface area contributed by atoms with E-state index in [2.05, 4.69) is 31.1 Å². The highest BCUT2D eigenvalue weighted by atomic mass is 79.9. The second-order valence-corrected chi connectivity index (χ2v) is 10.2. The smallest absolute Gasteiger partial charge is 0.240 e. The molecule has 11 heteroatoms. The number of aromatic nitrogens is 3. The zero-order valence-corrected chi connectivity index (χ0v) is 21.9. The highest BCUT2D eigenvalue weighted by Gasteiger charge is 2.46. The van der Waals surface area contributed by atoms with Gasteiger partial charge in [-0.05, 0) is 47.4 Å². The first-order valence-electron chi connectivity index (χ1n) is 12.2. The van der Waals surface area contributed by atoms with Gasteiger partial charge >= 0.3 is 0 Å². The third kappa shape index (κ3) is 3.99. The lowest BCUT2D eigenvalue weighted by molar-refractivity contribution is -0.160. The van der Waals surface area contributed by atoms with E-state index in [4.69, 9.17) is 19.2 Å². The van der Waals surface area contributed by atoms with Crippen molar-refractivity contribution in [1.29, 1.82) is 0 Å². The van der Waals surface area contributed by atoms with Crippen molar-refractivity contribution in [3.63, 3.8) is 0 Å². The summed E-state index contributed by atoms with van der Waals surface area (Å²) in [4.78, 5) is 26.9. The van der Waals surface area contributed by atoms with Gasteiger partial charge in [-0.15, -0.1) is 0 Å². The van der Waals surface area contributed by atoms with Crippen LogP contribution in [-0.2, 0) is 16.1 Å². The number of halogens is 1. The van der Waals surface area contributed by atoms with Crippen LogP contribution in [0.25, 0.3) is 5.52 Å². The van der Waals surface area contributed by atoms with Gasteiger partial charge in [0.15, 0.2) is 5.82 Å². The molecule has 0 bridgehead atoms. The zero-order chi connectivity index (χ0) is 24.8. The SMILES string of the molecule is COc1ccc(CNc2nccn3c([C@H]4CN5C(=O)[C@H]6CCCN6C[C@@H]5CO4)nc(Br)c23)c(OC)c1. The van der Waals surface area contributed by atoms with Crippen LogP contribution in [-0.4, -0.2) is 82.6 Å². The van der Waals surface area contributed by atoms with E-state index in [1.54, 1.807) is 20.4 Å². The Labute approximate surface area is 217 Å². The van der Waals surface area contributed by atoms with Crippen LogP contribution in [0.1, 0.15) is 30.3 Å². The van der Waals surface area contributed by atoms with Crippen LogP contribution in [0.15, 0.2) is 35.2 Å². The molecule has 1 N–H and O–H groups in total. The summed E-state index contributed by atoms with van der Waals surface area (Å²) in [5.41, 5.74) is 1.79. The van der Waals surface area contributed by atoms with E-state index in [9.17, 15) is 4.79 Å². The number of benzene rings is 1. The summed E-state index contributed by atoms with van der Waals surface area (Å²) in [6.45, 7) is 3.43. The number of rotatable bonds is 6. The molecule has 0 saturated carbocycles. The predicted octanol–water partition coefficient (Wildman–Crippen LogP) is 2.87. The van der Waals surface area contributed by atoms with Crippen molar-refractivity contribution in [2.75, 3.05) is 45.8 Å². The lowest BCUT2D eigenvalue weighted by atomic mass is 10.0. The van der Waals surface area contributed by atoms with Gasteiger partial charge in [0, 0.05) is 37.1 Å². The fourth-order valence-electron chi connectivity index (χ4n) is 5.61. The molecule has 1 aromatic carbocycles. The number of fused-ring (bicyclic) bond motifs is 3. The van der Waals surface area contributed by atoms with E-state index in [1.807, 2.05) is 33.7 Å². The van der Waals surface area contributed by atoms with Gasteiger partial charge in [-0.3, -0.25) is 14.1 Å². The Balaban J connectivity index is 1.25. The van der Waals surface area contributed by atoms with Gasteiger partial charge in [-0.2, -0.15) is 0 Å². The highest BCUT2D eigenvalue weighted by Crippen LogP contribution is 2.35. The van der Waals surface area contributed by atoms with Gasteiger partial charge in [-0.25, -0.2) is 9.97 Å². The average molecular weight is 557 g/mol. The van der Waals surface area contributed by atoms with E-state index in [0.717, 1.165) is 54.3 Å². The molecule has 0 unspecified atom stereocenters. The van der Waals surface area contributed by atoms with Gasteiger partial charge in [0.2, 0.25) is 5.91 Å². The van der Waals surface area contributed by atoms with E-state index < -0.39 is 0 Å². The highest BCUT2D eigenvalue weighted by molar-refractivity contribution is 9.10. The van der Waals surface area contributed by atoms with Crippen LogP contribution in [0, 0.1) is 0 Å². The quantitative estimate of drug-likeness (QED) is 0.495. The number of hydrogen-bond acceptors (Lipinski definition) is 8.